The molecule has 0 spiro atoms. The van der Waals surface area contributed by atoms with Crippen molar-refractivity contribution in [2.24, 2.45) is 0 Å². The molecule has 0 aromatic heterocycles. The summed E-state index contributed by atoms with van der Waals surface area (Å²) >= 11 is 0. The van der Waals surface area contributed by atoms with E-state index in [1.54, 1.807) is 0 Å². The number of nitrogens with one attached hydrogen (secondary N) is 1. The molecule has 0 fully saturated rings. The molecule has 1 N–H and O–H groups in total. The summed E-state index contributed by atoms with van der Waals surface area (Å²) in [6, 6.07) is 7.70. The summed E-state index contributed by atoms with van der Waals surface area (Å²) in [5.74, 6) is 0.347. The Morgan fingerprint density at radius 2 is 2.16 bits per heavy atom. The highest BCUT2D eigenvalue weighted by Crippen LogP contribution is 2.27. The Balaban J connectivity index is 1.87. The number of fused-ring (bicyclic) bond motifs is 1. The Bertz CT molecular complexity index is 557. The lowest BCUT2D eigenvalue weighted by Crippen LogP contribution is -2.42. The third kappa shape index (κ3) is 3.26. The molecule has 6 heteroatoms. The van der Waals surface area contributed by atoms with E-state index in [0.29, 0.717) is 6.54 Å². The van der Waals surface area contributed by atoms with Crippen LogP contribution in [0.25, 0.3) is 0 Å². The average molecular weight is 283 g/mol. The van der Waals surface area contributed by atoms with Crippen molar-refractivity contribution in [1.29, 1.82) is 0 Å². The second-order valence-corrected chi connectivity index (χ2v) is 7.13. The van der Waals surface area contributed by atoms with E-state index >= 15 is 0 Å². The van der Waals surface area contributed by atoms with E-state index in [-0.39, 0.29) is 6.10 Å². The molecule has 1 heterocycles. The zero-order valence-corrected chi connectivity index (χ0v) is 11.7. The van der Waals surface area contributed by atoms with Crippen LogP contribution in [0.4, 0.5) is 0 Å². The van der Waals surface area contributed by atoms with E-state index in [1.807, 2.05) is 24.3 Å². The Morgan fingerprint density at radius 3 is 2.79 bits per heavy atom. The molecule has 5 nitrogen and oxygen atoms in total. The summed E-state index contributed by atoms with van der Waals surface area (Å²) in [7, 11) is -3.35. The van der Waals surface area contributed by atoms with Gasteiger partial charge in [-0.05, 0) is 18.6 Å². The predicted molar refractivity (Wildman–Crippen MR) is 71.9 cm³/mol. The number of rotatable bonds is 4. The van der Waals surface area contributed by atoms with Gasteiger partial charge >= 0.3 is 0 Å². The normalized spacial score (nSPS) is 19.4. The van der Waals surface area contributed by atoms with Gasteiger partial charge < -0.3 is 10.1 Å². The predicted octanol–water partition coefficient (Wildman–Crippen LogP) is 0.539. The van der Waals surface area contributed by atoms with Crippen LogP contribution < -0.4 is 10.1 Å². The van der Waals surface area contributed by atoms with Crippen molar-refractivity contribution in [3.8, 4) is 5.75 Å². The Hall–Kier alpha value is -1.56. The molecule has 0 saturated heterocycles. The van der Waals surface area contributed by atoms with E-state index in [0.717, 1.165) is 24.0 Å². The molecule has 2 atom stereocenters. The first-order valence-corrected chi connectivity index (χ1v) is 8.04. The highest BCUT2D eigenvalue weighted by atomic mass is 32.2. The number of hydrogen-bond donors (Lipinski definition) is 1. The number of carbonyl (C=O) groups excluding carboxylic acids is 1. The second kappa shape index (κ2) is 5.21. The molecule has 0 aliphatic carbocycles. The molecule has 2 rings (SSSR count). The molecule has 1 amide bonds. The van der Waals surface area contributed by atoms with E-state index < -0.39 is 21.0 Å². The van der Waals surface area contributed by atoms with Crippen molar-refractivity contribution in [2.45, 2.75) is 24.7 Å². The van der Waals surface area contributed by atoms with Crippen LogP contribution in [-0.4, -0.2) is 38.5 Å². The second-order valence-electron chi connectivity index (χ2n) is 4.77. The number of para-hydroxylation sites is 1. The maximum absolute atomic E-state index is 11.7. The van der Waals surface area contributed by atoms with Gasteiger partial charge in [-0.3, -0.25) is 4.79 Å². The highest BCUT2D eigenvalue weighted by molar-refractivity contribution is 7.92. The standard InChI is InChI=1S/C13H17NO4S/c1-9(19(2,16)17)13(15)14-8-11-7-10-5-3-4-6-12(10)18-11/h3-6,9,11H,7-8H2,1-2H3,(H,14,15). The first-order valence-electron chi connectivity index (χ1n) is 6.09. The van der Waals surface area contributed by atoms with Crippen LogP contribution in [0.1, 0.15) is 12.5 Å². The van der Waals surface area contributed by atoms with Crippen molar-refractivity contribution < 1.29 is 17.9 Å². The van der Waals surface area contributed by atoms with Gasteiger partial charge in [0.2, 0.25) is 5.91 Å². The van der Waals surface area contributed by atoms with Gasteiger partial charge in [-0.2, -0.15) is 0 Å². The molecule has 104 valence electrons. The largest absolute Gasteiger partial charge is 0.488 e. The maximum Gasteiger partial charge on any atom is 0.238 e. The number of amides is 1. The van der Waals surface area contributed by atoms with Crippen molar-refractivity contribution in [3.63, 3.8) is 0 Å². The Kier molecular flexibility index (Phi) is 3.80. The average Bonchev–Trinajstić information content (AvgIpc) is 2.76. The van der Waals surface area contributed by atoms with Crippen LogP contribution in [-0.2, 0) is 21.1 Å². The van der Waals surface area contributed by atoms with Crippen LogP contribution in [0.3, 0.4) is 0 Å². The third-order valence-electron chi connectivity index (χ3n) is 3.23. The third-order valence-corrected chi connectivity index (χ3v) is 4.73. The molecule has 19 heavy (non-hydrogen) atoms. The van der Waals surface area contributed by atoms with Gasteiger partial charge in [-0.25, -0.2) is 8.42 Å². The molecule has 1 aliphatic heterocycles. The number of ether oxygens (including phenoxy) is 1. The van der Waals surface area contributed by atoms with Gasteiger partial charge in [0, 0.05) is 12.7 Å². The summed E-state index contributed by atoms with van der Waals surface area (Å²) in [6.45, 7) is 1.70. The minimum Gasteiger partial charge on any atom is -0.488 e. The lowest BCUT2D eigenvalue weighted by atomic mass is 10.1. The summed E-state index contributed by atoms with van der Waals surface area (Å²) in [6.07, 6.45) is 1.65. The highest BCUT2D eigenvalue weighted by Gasteiger charge is 2.26. The van der Waals surface area contributed by atoms with E-state index in [1.165, 1.54) is 6.92 Å². The quantitative estimate of drug-likeness (QED) is 0.875. The molecule has 0 radical (unpaired) electrons. The van der Waals surface area contributed by atoms with Gasteiger partial charge in [0.1, 0.15) is 17.1 Å². The topological polar surface area (TPSA) is 72.5 Å². The van der Waals surface area contributed by atoms with Crippen molar-refractivity contribution in [2.75, 3.05) is 12.8 Å². The van der Waals surface area contributed by atoms with Gasteiger partial charge in [-0.1, -0.05) is 18.2 Å². The molecular formula is C13H17NO4S. The summed E-state index contributed by atoms with van der Waals surface area (Å²) in [5, 5.41) is 1.59. The van der Waals surface area contributed by atoms with Crippen molar-refractivity contribution in [3.05, 3.63) is 29.8 Å². The van der Waals surface area contributed by atoms with Gasteiger partial charge in [0.05, 0.1) is 6.54 Å². The number of hydrogen-bond acceptors (Lipinski definition) is 4. The smallest absolute Gasteiger partial charge is 0.238 e. The molecular weight excluding hydrogens is 266 g/mol. The van der Waals surface area contributed by atoms with Crippen molar-refractivity contribution in [1.82, 2.24) is 5.32 Å². The Morgan fingerprint density at radius 1 is 1.47 bits per heavy atom. The first kappa shape index (κ1) is 13.9. The van der Waals surface area contributed by atoms with Crippen LogP contribution in [0.2, 0.25) is 0 Å². The van der Waals surface area contributed by atoms with Crippen LogP contribution >= 0.6 is 0 Å². The summed E-state index contributed by atoms with van der Waals surface area (Å²) < 4.78 is 28.2. The first-order chi connectivity index (χ1) is 8.88. The fraction of sp³-hybridized carbons (Fsp3) is 0.462. The van der Waals surface area contributed by atoms with Gasteiger partial charge in [0.15, 0.2) is 9.84 Å². The van der Waals surface area contributed by atoms with Crippen molar-refractivity contribution >= 4 is 15.7 Å². The molecule has 1 aromatic rings. The SMILES string of the molecule is CC(C(=O)NCC1Cc2ccccc2O1)S(C)(=O)=O. The van der Waals surface area contributed by atoms with E-state index in [2.05, 4.69) is 5.32 Å². The zero-order valence-electron chi connectivity index (χ0n) is 10.9. The fourth-order valence-corrected chi connectivity index (χ4v) is 2.39. The summed E-state index contributed by atoms with van der Waals surface area (Å²) in [5.41, 5.74) is 1.11. The van der Waals surface area contributed by atoms with Gasteiger partial charge in [-0.15, -0.1) is 0 Å². The monoisotopic (exact) mass is 283 g/mol. The maximum atomic E-state index is 11.7. The van der Waals surface area contributed by atoms with Crippen LogP contribution in [0, 0.1) is 0 Å². The minimum absolute atomic E-state index is 0.131. The minimum atomic E-state index is -3.35. The summed E-state index contributed by atoms with van der Waals surface area (Å²) in [4.78, 5) is 11.7. The lowest BCUT2D eigenvalue weighted by molar-refractivity contribution is -0.120. The molecule has 1 aliphatic rings. The van der Waals surface area contributed by atoms with Gasteiger partial charge in [0.25, 0.3) is 0 Å². The fourth-order valence-electron chi connectivity index (χ4n) is 1.92. The lowest BCUT2D eigenvalue weighted by Gasteiger charge is -2.14. The molecule has 0 bridgehead atoms. The van der Waals surface area contributed by atoms with Crippen LogP contribution in [0.15, 0.2) is 24.3 Å². The molecule has 2 unspecified atom stereocenters. The number of benzene rings is 1. The zero-order chi connectivity index (χ0) is 14.0. The van der Waals surface area contributed by atoms with E-state index in [9.17, 15) is 13.2 Å². The van der Waals surface area contributed by atoms with Crippen LogP contribution in [0.5, 0.6) is 5.75 Å². The molecule has 0 saturated carbocycles. The number of carbonyl (C=O) groups is 1. The molecule has 1 aromatic carbocycles. The van der Waals surface area contributed by atoms with E-state index in [4.69, 9.17) is 4.74 Å². The Labute approximate surface area is 112 Å². The number of sulfone groups is 1.